The first-order chi connectivity index (χ1) is 8.71. The highest BCUT2D eigenvalue weighted by atomic mass is 16.4. The zero-order valence-electron chi connectivity index (χ0n) is 12.4. The van der Waals surface area contributed by atoms with E-state index in [1.807, 2.05) is 0 Å². The van der Waals surface area contributed by atoms with Crippen molar-refractivity contribution in [2.75, 3.05) is 6.54 Å². The molecule has 2 atom stereocenters. The van der Waals surface area contributed by atoms with Crippen LogP contribution in [0.25, 0.3) is 0 Å². The summed E-state index contributed by atoms with van der Waals surface area (Å²) in [6, 6.07) is -0.546. The van der Waals surface area contributed by atoms with Gasteiger partial charge in [-0.25, -0.2) is 4.79 Å². The zero-order chi connectivity index (χ0) is 14.7. The van der Waals surface area contributed by atoms with Gasteiger partial charge in [-0.15, -0.1) is 0 Å². The molecule has 0 heterocycles. The molecule has 5 nitrogen and oxygen atoms in total. The molecule has 1 rings (SSSR count). The molecule has 5 heteroatoms. The van der Waals surface area contributed by atoms with Crippen molar-refractivity contribution in [2.45, 2.75) is 59.4 Å². The molecule has 2 unspecified atom stereocenters. The van der Waals surface area contributed by atoms with E-state index in [4.69, 9.17) is 0 Å². The Kier molecular flexibility index (Phi) is 4.82. The third-order valence-corrected chi connectivity index (χ3v) is 4.44. The number of nitrogens with one attached hydrogen (secondary N) is 2. The maximum atomic E-state index is 11.9. The summed E-state index contributed by atoms with van der Waals surface area (Å²) in [5.74, 6) is -0.829. The van der Waals surface area contributed by atoms with Crippen LogP contribution in [0.2, 0.25) is 0 Å². The molecule has 0 aliphatic heterocycles. The normalized spacial score (nSPS) is 27.1. The van der Waals surface area contributed by atoms with Crippen molar-refractivity contribution in [3.63, 3.8) is 0 Å². The van der Waals surface area contributed by atoms with Gasteiger partial charge in [0.2, 0.25) is 0 Å². The van der Waals surface area contributed by atoms with E-state index in [0.29, 0.717) is 13.0 Å². The van der Waals surface area contributed by atoms with Crippen LogP contribution in [-0.2, 0) is 4.79 Å². The minimum absolute atomic E-state index is 0.0586. The van der Waals surface area contributed by atoms with Crippen LogP contribution in [0.5, 0.6) is 0 Å². The highest BCUT2D eigenvalue weighted by molar-refractivity contribution is 5.79. The number of carboxylic acid groups (broad SMARTS) is 1. The van der Waals surface area contributed by atoms with Gasteiger partial charge in [-0.3, -0.25) is 4.79 Å². The van der Waals surface area contributed by atoms with Gasteiger partial charge < -0.3 is 15.7 Å². The van der Waals surface area contributed by atoms with Crippen molar-refractivity contribution in [3.8, 4) is 0 Å². The number of amides is 2. The van der Waals surface area contributed by atoms with Gasteiger partial charge in [-0.2, -0.15) is 0 Å². The Hall–Kier alpha value is -1.26. The van der Waals surface area contributed by atoms with Crippen LogP contribution in [0, 0.1) is 10.8 Å². The second kappa shape index (κ2) is 5.80. The van der Waals surface area contributed by atoms with Gasteiger partial charge >= 0.3 is 12.0 Å². The number of urea groups is 1. The molecular formula is C14H26N2O3. The maximum Gasteiger partial charge on any atom is 0.315 e. The van der Waals surface area contributed by atoms with E-state index in [1.165, 1.54) is 0 Å². The maximum absolute atomic E-state index is 11.9. The first-order valence-electron chi connectivity index (χ1n) is 6.99. The minimum atomic E-state index is -0.836. The van der Waals surface area contributed by atoms with Crippen LogP contribution >= 0.6 is 0 Å². The molecule has 1 fully saturated rings. The number of carboxylic acids is 1. The Bertz CT molecular complexity index is 355. The fourth-order valence-electron chi connectivity index (χ4n) is 2.31. The summed E-state index contributed by atoms with van der Waals surface area (Å²) < 4.78 is 0. The predicted molar refractivity (Wildman–Crippen MR) is 74.0 cm³/mol. The Morgan fingerprint density at radius 1 is 1.42 bits per heavy atom. The van der Waals surface area contributed by atoms with Gasteiger partial charge in [0.05, 0.1) is 5.41 Å². The van der Waals surface area contributed by atoms with Gasteiger partial charge in [-0.1, -0.05) is 27.2 Å². The monoisotopic (exact) mass is 270 g/mol. The molecule has 0 bridgehead atoms. The average Bonchev–Trinajstić information content (AvgIpc) is 2.70. The summed E-state index contributed by atoms with van der Waals surface area (Å²) in [7, 11) is 0. The van der Waals surface area contributed by atoms with Gasteiger partial charge in [-0.05, 0) is 31.6 Å². The topological polar surface area (TPSA) is 78.4 Å². The van der Waals surface area contributed by atoms with Crippen molar-refractivity contribution in [2.24, 2.45) is 10.8 Å². The molecule has 1 saturated carbocycles. The van der Waals surface area contributed by atoms with Gasteiger partial charge in [0.15, 0.2) is 0 Å². The zero-order valence-corrected chi connectivity index (χ0v) is 12.4. The molecule has 19 heavy (non-hydrogen) atoms. The van der Waals surface area contributed by atoms with Crippen molar-refractivity contribution >= 4 is 12.0 Å². The van der Waals surface area contributed by atoms with Crippen LogP contribution in [-0.4, -0.2) is 29.7 Å². The van der Waals surface area contributed by atoms with E-state index in [2.05, 4.69) is 31.4 Å². The molecule has 1 aliphatic rings. The van der Waals surface area contributed by atoms with Crippen molar-refractivity contribution in [3.05, 3.63) is 0 Å². The number of carbonyl (C=O) groups is 2. The predicted octanol–water partition coefficient (Wildman–Crippen LogP) is 2.37. The number of hydrogen-bond donors (Lipinski definition) is 3. The lowest BCUT2D eigenvalue weighted by Gasteiger charge is -2.29. The lowest BCUT2D eigenvalue weighted by atomic mass is 9.85. The van der Waals surface area contributed by atoms with E-state index in [-0.39, 0.29) is 17.5 Å². The number of rotatable bonds is 5. The first-order valence-corrected chi connectivity index (χ1v) is 6.99. The molecular weight excluding hydrogens is 244 g/mol. The lowest BCUT2D eigenvalue weighted by molar-refractivity contribution is -0.148. The van der Waals surface area contributed by atoms with Gasteiger partial charge in [0, 0.05) is 12.6 Å². The highest BCUT2D eigenvalue weighted by Gasteiger charge is 2.45. The molecule has 2 amide bonds. The van der Waals surface area contributed by atoms with Gasteiger partial charge in [0.1, 0.15) is 0 Å². The fourth-order valence-corrected chi connectivity index (χ4v) is 2.31. The summed E-state index contributed by atoms with van der Waals surface area (Å²) in [6.45, 7) is 8.56. The molecule has 3 N–H and O–H groups in total. The highest BCUT2D eigenvalue weighted by Crippen LogP contribution is 2.38. The van der Waals surface area contributed by atoms with Crippen molar-refractivity contribution in [1.82, 2.24) is 10.6 Å². The molecule has 0 radical (unpaired) electrons. The van der Waals surface area contributed by atoms with Crippen LogP contribution in [0.4, 0.5) is 4.79 Å². The van der Waals surface area contributed by atoms with E-state index in [0.717, 1.165) is 19.3 Å². The second-order valence-electron chi connectivity index (χ2n) is 6.51. The summed E-state index contributed by atoms with van der Waals surface area (Å²) in [6.07, 6.45) is 3.17. The van der Waals surface area contributed by atoms with Crippen molar-refractivity contribution < 1.29 is 14.7 Å². The average molecular weight is 270 g/mol. The number of hydrogen-bond acceptors (Lipinski definition) is 2. The summed E-state index contributed by atoms with van der Waals surface area (Å²) in [5, 5.41) is 14.9. The number of carbonyl (C=O) groups excluding carboxylic acids is 1. The van der Waals surface area contributed by atoms with Crippen molar-refractivity contribution in [1.29, 1.82) is 0 Å². The standard InChI is InChI=1S/C14H26N2O3/c1-5-13(2,3)9-15-12(19)16-10-7-6-8-14(10,4)11(17)18/h10H,5-9H2,1-4H3,(H,17,18)(H2,15,16,19). The first kappa shape index (κ1) is 15.8. The third kappa shape index (κ3) is 3.85. The smallest absolute Gasteiger partial charge is 0.315 e. The minimum Gasteiger partial charge on any atom is -0.481 e. The van der Waals surface area contributed by atoms with Crippen LogP contribution in [0.15, 0.2) is 0 Å². The Balaban J connectivity index is 2.51. The van der Waals surface area contributed by atoms with Crippen LogP contribution in [0.1, 0.15) is 53.4 Å². The van der Waals surface area contributed by atoms with Crippen LogP contribution < -0.4 is 10.6 Å². The SMILES string of the molecule is CCC(C)(C)CNC(=O)NC1CCCC1(C)C(=O)O. The summed E-state index contributed by atoms with van der Waals surface area (Å²) in [5.41, 5.74) is -0.777. The fraction of sp³-hybridized carbons (Fsp3) is 0.857. The largest absolute Gasteiger partial charge is 0.481 e. The molecule has 0 aromatic carbocycles. The third-order valence-electron chi connectivity index (χ3n) is 4.44. The summed E-state index contributed by atoms with van der Waals surface area (Å²) in [4.78, 5) is 23.2. The van der Waals surface area contributed by atoms with E-state index in [1.54, 1.807) is 6.92 Å². The quantitative estimate of drug-likeness (QED) is 0.717. The molecule has 0 saturated heterocycles. The molecule has 1 aliphatic carbocycles. The van der Waals surface area contributed by atoms with Crippen LogP contribution in [0.3, 0.4) is 0 Å². The Morgan fingerprint density at radius 3 is 2.58 bits per heavy atom. The summed E-state index contributed by atoms with van der Waals surface area (Å²) >= 11 is 0. The molecule has 0 aromatic heterocycles. The molecule has 0 spiro atoms. The second-order valence-corrected chi connectivity index (χ2v) is 6.51. The van der Waals surface area contributed by atoms with E-state index >= 15 is 0 Å². The van der Waals surface area contributed by atoms with E-state index in [9.17, 15) is 14.7 Å². The van der Waals surface area contributed by atoms with E-state index < -0.39 is 11.4 Å². The lowest BCUT2D eigenvalue weighted by Crippen LogP contribution is -2.51. The number of aliphatic carboxylic acids is 1. The Labute approximate surface area is 115 Å². The molecule has 0 aromatic rings. The van der Waals surface area contributed by atoms with Gasteiger partial charge in [0.25, 0.3) is 0 Å². The molecule has 110 valence electrons. The Morgan fingerprint density at radius 2 is 2.05 bits per heavy atom.